The molecule has 0 radical (unpaired) electrons. The van der Waals surface area contributed by atoms with Crippen molar-refractivity contribution in [2.24, 2.45) is 0 Å². The molecule has 0 saturated carbocycles. The molecule has 1 aromatic rings. The van der Waals surface area contributed by atoms with Crippen LogP contribution in [0, 0.1) is 0 Å². The number of aliphatic hydroxyl groups excluding tert-OH is 2. The number of halogens is 1. The summed E-state index contributed by atoms with van der Waals surface area (Å²) in [6.07, 6.45) is 0.0748. The molecule has 2 atom stereocenters. The number of ether oxygens (including phenoxy) is 1. The molecule has 4 nitrogen and oxygen atoms in total. The van der Waals surface area contributed by atoms with E-state index in [1.165, 1.54) is 0 Å². The van der Waals surface area contributed by atoms with Crippen LogP contribution in [0.1, 0.15) is 31.9 Å². The predicted molar refractivity (Wildman–Crippen MR) is 86.2 cm³/mol. The molecule has 1 aliphatic heterocycles. The van der Waals surface area contributed by atoms with Crippen molar-refractivity contribution in [3.05, 3.63) is 34.3 Å². The molecule has 0 bridgehead atoms. The smallest absolute Gasteiger partial charge is 0.0940 e. The number of rotatable bonds is 5. The molecule has 2 N–H and O–H groups in total. The minimum atomic E-state index is -0.461. The maximum atomic E-state index is 10.3. The second-order valence-electron chi connectivity index (χ2n) is 6.27. The first-order chi connectivity index (χ1) is 9.89. The van der Waals surface area contributed by atoms with Gasteiger partial charge in [-0.2, -0.15) is 0 Å². The second-order valence-corrected chi connectivity index (χ2v) is 7.19. The number of hydrogen-bond donors (Lipinski definition) is 2. The Morgan fingerprint density at radius 2 is 2.05 bits per heavy atom. The van der Waals surface area contributed by atoms with Crippen molar-refractivity contribution in [3.8, 4) is 0 Å². The molecule has 1 saturated heterocycles. The molecular weight excluding hydrogens is 334 g/mol. The Morgan fingerprint density at radius 1 is 1.38 bits per heavy atom. The Balaban J connectivity index is 1.88. The number of benzene rings is 1. The fourth-order valence-electron chi connectivity index (χ4n) is 2.84. The summed E-state index contributed by atoms with van der Waals surface area (Å²) >= 11 is 3.40. The Kier molecular flexibility index (Phi) is 5.80. The van der Waals surface area contributed by atoms with Crippen molar-refractivity contribution in [1.29, 1.82) is 0 Å². The summed E-state index contributed by atoms with van der Waals surface area (Å²) in [6, 6.07) is 7.76. The molecule has 1 aliphatic rings. The van der Waals surface area contributed by atoms with Crippen molar-refractivity contribution < 1.29 is 14.9 Å². The lowest BCUT2D eigenvalue weighted by atomic mass is 10.0. The average Bonchev–Trinajstić information content (AvgIpc) is 2.44. The lowest BCUT2D eigenvalue weighted by molar-refractivity contribution is -0.149. The minimum Gasteiger partial charge on any atom is -0.394 e. The van der Waals surface area contributed by atoms with Gasteiger partial charge in [-0.25, -0.2) is 0 Å². The van der Waals surface area contributed by atoms with E-state index in [1.807, 2.05) is 38.1 Å². The van der Waals surface area contributed by atoms with Crippen molar-refractivity contribution in [2.75, 3.05) is 26.2 Å². The fraction of sp³-hybridized carbons (Fsp3) is 0.625. The van der Waals surface area contributed by atoms with Crippen LogP contribution in [-0.2, 0) is 4.74 Å². The van der Waals surface area contributed by atoms with Crippen molar-refractivity contribution in [1.82, 2.24) is 4.90 Å². The van der Waals surface area contributed by atoms with Gasteiger partial charge in [0.1, 0.15) is 0 Å². The normalized spacial score (nSPS) is 24.0. The highest BCUT2D eigenvalue weighted by molar-refractivity contribution is 9.10. The molecule has 1 heterocycles. The van der Waals surface area contributed by atoms with Gasteiger partial charge < -0.3 is 14.9 Å². The summed E-state index contributed by atoms with van der Waals surface area (Å²) in [6.45, 7) is 6.43. The summed E-state index contributed by atoms with van der Waals surface area (Å²) in [5.74, 6) is 0. The summed E-state index contributed by atoms with van der Waals surface area (Å²) in [5.41, 5.74) is 0.679. The Bertz CT molecular complexity index is 449. The monoisotopic (exact) mass is 357 g/mol. The first-order valence-corrected chi connectivity index (χ1v) is 8.13. The van der Waals surface area contributed by atoms with Gasteiger partial charge >= 0.3 is 0 Å². The first-order valence-electron chi connectivity index (χ1n) is 7.34. The van der Waals surface area contributed by atoms with Crippen molar-refractivity contribution in [2.45, 2.75) is 38.1 Å². The highest BCUT2D eigenvalue weighted by atomic mass is 79.9. The molecule has 2 unspecified atom stereocenters. The molecule has 1 aromatic carbocycles. The Morgan fingerprint density at radius 3 is 2.67 bits per heavy atom. The molecule has 1 fully saturated rings. The Labute approximate surface area is 134 Å². The molecule has 0 amide bonds. The van der Waals surface area contributed by atoms with E-state index in [0.717, 1.165) is 23.1 Å². The van der Waals surface area contributed by atoms with Crippen LogP contribution < -0.4 is 0 Å². The van der Waals surface area contributed by atoms with Gasteiger partial charge in [0.25, 0.3) is 0 Å². The standard InChI is InChI=1S/C16H24BrNO3/c1-16(2)11-18(9-14(10-19)21-16)8-7-15(20)12-3-5-13(17)6-4-12/h3-6,14-15,19-20H,7-11H2,1-2H3. The lowest BCUT2D eigenvalue weighted by Crippen LogP contribution is -2.54. The molecule has 0 aromatic heterocycles. The van der Waals surface area contributed by atoms with Crippen LogP contribution in [0.3, 0.4) is 0 Å². The summed E-state index contributed by atoms with van der Waals surface area (Å²) in [4.78, 5) is 2.26. The van der Waals surface area contributed by atoms with Gasteiger partial charge in [-0.1, -0.05) is 28.1 Å². The first kappa shape index (κ1) is 16.9. The number of morpholine rings is 1. The predicted octanol–water partition coefficient (Wildman–Crippen LogP) is 2.34. The van der Waals surface area contributed by atoms with Crippen LogP contribution in [0.5, 0.6) is 0 Å². The maximum absolute atomic E-state index is 10.3. The quantitative estimate of drug-likeness (QED) is 0.849. The van der Waals surface area contributed by atoms with Crippen LogP contribution >= 0.6 is 15.9 Å². The van der Waals surface area contributed by atoms with Gasteiger partial charge in [-0.05, 0) is 38.0 Å². The van der Waals surface area contributed by atoms with E-state index < -0.39 is 6.10 Å². The number of hydrogen-bond acceptors (Lipinski definition) is 4. The zero-order valence-corrected chi connectivity index (χ0v) is 14.2. The highest BCUT2D eigenvalue weighted by Crippen LogP contribution is 2.24. The van der Waals surface area contributed by atoms with Gasteiger partial charge in [0.15, 0.2) is 0 Å². The van der Waals surface area contributed by atoms with E-state index in [0.29, 0.717) is 13.0 Å². The van der Waals surface area contributed by atoms with E-state index >= 15 is 0 Å². The summed E-state index contributed by atoms with van der Waals surface area (Å²) < 4.78 is 6.81. The number of nitrogens with zero attached hydrogens (tertiary/aromatic N) is 1. The van der Waals surface area contributed by atoms with E-state index in [2.05, 4.69) is 20.8 Å². The van der Waals surface area contributed by atoms with E-state index in [1.54, 1.807) is 0 Å². The van der Waals surface area contributed by atoms with Crippen molar-refractivity contribution in [3.63, 3.8) is 0 Å². The fourth-order valence-corrected chi connectivity index (χ4v) is 3.10. The zero-order chi connectivity index (χ0) is 15.5. The van der Waals surface area contributed by atoms with Crippen LogP contribution in [0.25, 0.3) is 0 Å². The van der Waals surface area contributed by atoms with Gasteiger partial charge in [-0.15, -0.1) is 0 Å². The molecule has 2 rings (SSSR count). The van der Waals surface area contributed by atoms with E-state index in [4.69, 9.17) is 4.74 Å². The number of aliphatic hydroxyl groups is 2. The van der Waals surface area contributed by atoms with Gasteiger partial charge in [0, 0.05) is 24.1 Å². The molecular formula is C16H24BrNO3. The van der Waals surface area contributed by atoms with Gasteiger partial charge in [0.2, 0.25) is 0 Å². The van der Waals surface area contributed by atoms with Gasteiger partial charge in [0.05, 0.1) is 24.4 Å². The van der Waals surface area contributed by atoms with Crippen LogP contribution in [0.15, 0.2) is 28.7 Å². The SMILES string of the molecule is CC1(C)CN(CCC(O)c2ccc(Br)cc2)CC(CO)O1. The third-order valence-electron chi connectivity index (χ3n) is 3.73. The highest BCUT2D eigenvalue weighted by Gasteiger charge is 2.32. The molecule has 0 spiro atoms. The summed E-state index contributed by atoms with van der Waals surface area (Å²) in [5, 5.41) is 19.6. The van der Waals surface area contributed by atoms with Gasteiger partial charge in [-0.3, -0.25) is 4.90 Å². The van der Waals surface area contributed by atoms with Crippen LogP contribution in [-0.4, -0.2) is 53.1 Å². The van der Waals surface area contributed by atoms with E-state index in [-0.39, 0.29) is 18.3 Å². The average molecular weight is 358 g/mol. The van der Waals surface area contributed by atoms with E-state index in [9.17, 15) is 10.2 Å². The lowest BCUT2D eigenvalue weighted by Gasteiger charge is -2.42. The third kappa shape index (κ3) is 5.04. The zero-order valence-electron chi connectivity index (χ0n) is 12.6. The molecule has 5 heteroatoms. The second kappa shape index (κ2) is 7.20. The van der Waals surface area contributed by atoms with Crippen molar-refractivity contribution >= 4 is 15.9 Å². The largest absolute Gasteiger partial charge is 0.394 e. The van der Waals surface area contributed by atoms with Crippen LogP contribution in [0.2, 0.25) is 0 Å². The summed E-state index contributed by atoms with van der Waals surface area (Å²) in [7, 11) is 0. The van der Waals surface area contributed by atoms with Crippen LogP contribution in [0.4, 0.5) is 0 Å². The molecule has 118 valence electrons. The molecule has 21 heavy (non-hydrogen) atoms. The third-order valence-corrected chi connectivity index (χ3v) is 4.26. The minimum absolute atomic E-state index is 0.0369. The maximum Gasteiger partial charge on any atom is 0.0940 e. The topological polar surface area (TPSA) is 52.9 Å². The Hall–Kier alpha value is -0.460. The molecule has 0 aliphatic carbocycles.